The first-order chi connectivity index (χ1) is 16.7. The van der Waals surface area contributed by atoms with Gasteiger partial charge in [-0.25, -0.2) is 9.79 Å². The molecular formula is C29H23NO3S. The van der Waals surface area contributed by atoms with E-state index < -0.39 is 0 Å². The quantitative estimate of drug-likeness (QED) is 0.184. The maximum atomic E-state index is 12.6. The zero-order valence-electron chi connectivity index (χ0n) is 18.7. The molecule has 4 aromatic carbocycles. The summed E-state index contributed by atoms with van der Waals surface area (Å²) >= 11 is 1.48. The average Bonchev–Trinajstić information content (AvgIpc) is 3.25. The second-order valence-electron chi connectivity index (χ2n) is 7.76. The van der Waals surface area contributed by atoms with Crippen LogP contribution in [0.25, 0.3) is 20.9 Å². The highest BCUT2D eigenvalue weighted by Gasteiger charge is 2.19. The van der Waals surface area contributed by atoms with Crippen LogP contribution in [-0.2, 0) is 11.3 Å². The van der Waals surface area contributed by atoms with Crippen LogP contribution in [0, 0.1) is 0 Å². The molecule has 0 amide bonds. The zero-order chi connectivity index (χ0) is 23.3. The third-order valence-electron chi connectivity index (χ3n) is 5.52. The van der Waals surface area contributed by atoms with Crippen molar-refractivity contribution in [3.63, 3.8) is 0 Å². The molecule has 1 aromatic heterocycles. The molecular weight excluding hydrogens is 442 g/mol. The van der Waals surface area contributed by atoms with Crippen LogP contribution in [0.3, 0.4) is 0 Å². The van der Waals surface area contributed by atoms with Crippen molar-refractivity contribution in [3.05, 3.63) is 108 Å². The third-order valence-corrected chi connectivity index (χ3v) is 6.60. The van der Waals surface area contributed by atoms with Crippen molar-refractivity contribution in [1.82, 2.24) is 0 Å². The van der Waals surface area contributed by atoms with Crippen LogP contribution in [0.5, 0.6) is 5.75 Å². The molecule has 0 bridgehead atoms. The van der Waals surface area contributed by atoms with Gasteiger partial charge in [-0.15, -0.1) is 11.3 Å². The molecule has 5 aromatic rings. The van der Waals surface area contributed by atoms with Crippen molar-refractivity contribution >= 4 is 49.4 Å². The number of hydrogen-bond acceptors (Lipinski definition) is 5. The van der Waals surface area contributed by atoms with E-state index in [1.54, 1.807) is 13.1 Å². The molecule has 0 saturated carbocycles. The number of esters is 1. The minimum Gasteiger partial charge on any atom is -0.489 e. The predicted molar refractivity (Wildman–Crippen MR) is 140 cm³/mol. The van der Waals surface area contributed by atoms with E-state index in [-0.39, 0.29) is 5.97 Å². The average molecular weight is 466 g/mol. The largest absolute Gasteiger partial charge is 0.489 e. The lowest BCUT2D eigenvalue weighted by Crippen LogP contribution is -2.03. The number of fused-ring (bicyclic) bond motifs is 2. The summed E-state index contributed by atoms with van der Waals surface area (Å²) in [4.78, 5) is 17.3. The molecule has 0 aliphatic rings. The fraction of sp³-hybridized carbons (Fsp3) is 0.103. The number of rotatable bonds is 7. The van der Waals surface area contributed by atoms with Crippen LogP contribution in [0.4, 0.5) is 5.00 Å². The summed E-state index contributed by atoms with van der Waals surface area (Å²) in [5, 5.41) is 3.90. The highest BCUT2D eigenvalue weighted by atomic mass is 32.1. The topological polar surface area (TPSA) is 47.9 Å². The van der Waals surface area contributed by atoms with Gasteiger partial charge in [-0.3, -0.25) is 0 Å². The van der Waals surface area contributed by atoms with Gasteiger partial charge in [0.05, 0.1) is 6.61 Å². The summed E-state index contributed by atoms with van der Waals surface area (Å²) in [5.74, 6) is 0.415. The maximum absolute atomic E-state index is 12.6. The molecule has 1 heterocycles. The van der Waals surface area contributed by atoms with Crippen LogP contribution in [0.15, 0.2) is 96.0 Å². The second-order valence-corrected chi connectivity index (χ2v) is 8.79. The van der Waals surface area contributed by atoms with E-state index in [2.05, 4.69) is 35.3 Å². The first-order valence-electron chi connectivity index (χ1n) is 11.1. The lowest BCUT2D eigenvalue weighted by Gasteiger charge is -2.09. The molecule has 0 radical (unpaired) electrons. The van der Waals surface area contributed by atoms with Crippen LogP contribution in [-0.4, -0.2) is 18.8 Å². The Labute approximate surface area is 202 Å². The summed E-state index contributed by atoms with van der Waals surface area (Å²) in [6.45, 7) is 2.60. The number of carbonyl (C=O) groups is 1. The van der Waals surface area contributed by atoms with Crippen molar-refractivity contribution in [2.24, 2.45) is 4.99 Å². The van der Waals surface area contributed by atoms with Crippen LogP contribution < -0.4 is 4.74 Å². The highest BCUT2D eigenvalue weighted by molar-refractivity contribution is 7.23. The molecule has 0 fully saturated rings. The molecule has 0 N–H and O–H groups in total. The predicted octanol–water partition coefficient (Wildman–Crippen LogP) is 7.56. The van der Waals surface area contributed by atoms with Crippen molar-refractivity contribution in [3.8, 4) is 5.75 Å². The number of ether oxygens (including phenoxy) is 2. The molecule has 0 atom stereocenters. The monoisotopic (exact) mass is 465 g/mol. The Hall–Kier alpha value is -3.96. The van der Waals surface area contributed by atoms with Gasteiger partial charge in [-0.1, -0.05) is 72.8 Å². The van der Waals surface area contributed by atoms with Crippen LogP contribution in [0.1, 0.15) is 28.4 Å². The molecule has 0 aliphatic carbocycles. The van der Waals surface area contributed by atoms with Gasteiger partial charge in [0.2, 0.25) is 0 Å². The molecule has 0 aliphatic heterocycles. The zero-order valence-corrected chi connectivity index (χ0v) is 19.5. The van der Waals surface area contributed by atoms with Gasteiger partial charge in [-0.2, -0.15) is 0 Å². The second kappa shape index (κ2) is 9.89. The van der Waals surface area contributed by atoms with Crippen LogP contribution >= 0.6 is 11.3 Å². The van der Waals surface area contributed by atoms with Gasteiger partial charge in [0.25, 0.3) is 0 Å². The summed E-state index contributed by atoms with van der Waals surface area (Å²) in [6, 6.07) is 30.1. The van der Waals surface area contributed by atoms with Crippen molar-refractivity contribution in [1.29, 1.82) is 0 Å². The minimum atomic E-state index is -0.348. The fourth-order valence-corrected chi connectivity index (χ4v) is 4.96. The molecule has 0 unspecified atom stereocenters. The SMILES string of the molecule is CCOC(=O)c1c(N=Cc2cccc(OCc3cccc4ccccc34)c2)sc2ccccc12. The van der Waals surface area contributed by atoms with E-state index in [1.807, 2.05) is 60.7 Å². The summed E-state index contributed by atoms with van der Waals surface area (Å²) in [6.07, 6.45) is 1.76. The third kappa shape index (κ3) is 4.56. The Bertz CT molecular complexity index is 1500. The van der Waals surface area contributed by atoms with Gasteiger partial charge in [0, 0.05) is 16.3 Å². The number of carbonyl (C=O) groups excluding carboxylic acids is 1. The Morgan fingerprint density at radius 2 is 1.68 bits per heavy atom. The minimum absolute atomic E-state index is 0.322. The lowest BCUT2D eigenvalue weighted by atomic mass is 10.1. The van der Waals surface area contributed by atoms with E-state index in [4.69, 9.17) is 9.47 Å². The van der Waals surface area contributed by atoms with Gasteiger partial charge in [-0.05, 0) is 47.0 Å². The van der Waals surface area contributed by atoms with Crippen LogP contribution in [0.2, 0.25) is 0 Å². The Morgan fingerprint density at radius 1 is 0.912 bits per heavy atom. The number of thiophene rings is 1. The highest BCUT2D eigenvalue weighted by Crippen LogP contribution is 2.38. The van der Waals surface area contributed by atoms with E-state index in [9.17, 15) is 4.79 Å². The van der Waals surface area contributed by atoms with E-state index in [1.165, 1.54) is 22.1 Å². The van der Waals surface area contributed by atoms with Crippen molar-refractivity contribution < 1.29 is 14.3 Å². The van der Waals surface area contributed by atoms with Gasteiger partial charge >= 0.3 is 5.97 Å². The lowest BCUT2D eigenvalue weighted by molar-refractivity contribution is 0.0530. The number of hydrogen-bond donors (Lipinski definition) is 0. The first kappa shape index (κ1) is 21.9. The van der Waals surface area contributed by atoms with E-state index in [0.717, 1.165) is 27.0 Å². The molecule has 168 valence electrons. The summed E-state index contributed by atoms with van der Waals surface area (Å²) in [5.41, 5.74) is 2.55. The molecule has 0 spiro atoms. The molecule has 5 rings (SSSR count). The van der Waals surface area contributed by atoms with Gasteiger partial charge in [0.15, 0.2) is 0 Å². The van der Waals surface area contributed by atoms with Crippen molar-refractivity contribution in [2.45, 2.75) is 13.5 Å². The maximum Gasteiger partial charge on any atom is 0.341 e. The number of benzene rings is 4. The Morgan fingerprint density at radius 3 is 2.56 bits per heavy atom. The van der Waals surface area contributed by atoms with E-state index in [0.29, 0.717) is 23.8 Å². The summed E-state index contributed by atoms with van der Waals surface area (Å²) < 4.78 is 12.4. The molecule has 0 saturated heterocycles. The van der Waals surface area contributed by atoms with Gasteiger partial charge < -0.3 is 9.47 Å². The molecule has 5 heteroatoms. The standard InChI is InChI=1S/C29H23NO3S/c1-2-32-29(31)27-25-15-5-6-16-26(25)34-28(27)30-18-20-9-7-13-23(17-20)33-19-22-12-8-11-21-10-3-4-14-24(21)22/h3-18H,2,19H2,1H3. The smallest absolute Gasteiger partial charge is 0.341 e. The molecule has 34 heavy (non-hydrogen) atoms. The number of aliphatic imine (C=N–C) groups is 1. The summed E-state index contributed by atoms with van der Waals surface area (Å²) in [7, 11) is 0. The Balaban J connectivity index is 1.38. The van der Waals surface area contributed by atoms with E-state index >= 15 is 0 Å². The van der Waals surface area contributed by atoms with Gasteiger partial charge in [0.1, 0.15) is 22.9 Å². The van der Waals surface area contributed by atoms with Crippen molar-refractivity contribution in [2.75, 3.05) is 6.61 Å². The first-order valence-corrected chi connectivity index (χ1v) is 12.0. The fourth-order valence-electron chi connectivity index (χ4n) is 3.92. The molecule has 4 nitrogen and oxygen atoms in total. The normalized spacial score (nSPS) is 11.3. The Kier molecular flexibility index (Phi) is 6.36. The number of nitrogens with zero attached hydrogens (tertiary/aromatic N) is 1.